The fourth-order valence-corrected chi connectivity index (χ4v) is 2.65. The van der Waals surface area contributed by atoms with Gasteiger partial charge in [-0.1, -0.05) is 12.1 Å². The van der Waals surface area contributed by atoms with Crippen molar-refractivity contribution in [2.45, 2.75) is 5.92 Å². The third kappa shape index (κ3) is 1.64. The van der Waals surface area contributed by atoms with Crippen molar-refractivity contribution in [1.29, 1.82) is 0 Å². The lowest BCUT2D eigenvalue weighted by molar-refractivity contribution is 0.447. The molecule has 0 radical (unpaired) electrons. The average Bonchev–Trinajstić information content (AvgIpc) is 2.65. The molecule has 1 aromatic heterocycles. The number of nitrogens with zero attached hydrogens (tertiary/aromatic N) is 1. The summed E-state index contributed by atoms with van der Waals surface area (Å²) in [6, 6.07) is 6.77. The Bertz CT molecular complexity index is 505. The van der Waals surface area contributed by atoms with Crippen LogP contribution >= 0.6 is 11.3 Å². The lowest BCUT2D eigenvalue weighted by Gasteiger charge is -2.24. The SMILES string of the molecule is Fc1ccccc1-c1csc(C2CNC2)n1. The van der Waals surface area contributed by atoms with Crippen LogP contribution in [0.3, 0.4) is 0 Å². The molecular weight excluding hydrogens is 223 g/mol. The molecule has 82 valence electrons. The summed E-state index contributed by atoms with van der Waals surface area (Å²) in [5.74, 6) is 0.316. The lowest BCUT2D eigenvalue weighted by atomic mass is 10.1. The van der Waals surface area contributed by atoms with Crippen LogP contribution in [0.15, 0.2) is 29.6 Å². The van der Waals surface area contributed by atoms with Crippen LogP contribution in [-0.2, 0) is 0 Å². The van der Waals surface area contributed by atoms with E-state index in [4.69, 9.17) is 0 Å². The third-order valence-electron chi connectivity index (χ3n) is 2.80. The second-order valence-corrected chi connectivity index (χ2v) is 4.80. The Kier molecular flexibility index (Phi) is 2.46. The van der Waals surface area contributed by atoms with E-state index in [0.717, 1.165) is 23.8 Å². The van der Waals surface area contributed by atoms with Gasteiger partial charge in [-0.05, 0) is 12.1 Å². The summed E-state index contributed by atoms with van der Waals surface area (Å²) in [5, 5.41) is 6.26. The highest BCUT2D eigenvalue weighted by Gasteiger charge is 2.22. The molecule has 1 aliphatic rings. The van der Waals surface area contributed by atoms with Crippen LogP contribution in [0, 0.1) is 5.82 Å². The van der Waals surface area contributed by atoms with Crippen molar-refractivity contribution in [3.05, 3.63) is 40.5 Å². The van der Waals surface area contributed by atoms with E-state index in [1.807, 2.05) is 11.4 Å². The van der Waals surface area contributed by atoms with Gasteiger partial charge in [-0.15, -0.1) is 11.3 Å². The molecule has 1 saturated heterocycles. The van der Waals surface area contributed by atoms with Gasteiger partial charge in [0, 0.05) is 30.0 Å². The lowest BCUT2D eigenvalue weighted by Crippen LogP contribution is -2.39. The van der Waals surface area contributed by atoms with Crippen LogP contribution in [0.25, 0.3) is 11.3 Å². The molecule has 0 spiro atoms. The Balaban J connectivity index is 1.95. The van der Waals surface area contributed by atoms with E-state index in [1.54, 1.807) is 23.5 Å². The molecule has 4 heteroatoms. The highest BCUT2D eigenvalue weighted by Crippen LogP contribution is 2.29. The van der Waals surface area contributed by atoms with Crippen LogP contribution in [0.2, 0.25) is 0 Å². The van der Waals surface area contributed by atoms with Gasteiger partial charge in [-0.3, -0.25) is 0 Å². The van der Waals surface area contributed by atoms with Crippen molar-refractivity contribution >= 4 is 11.3 Å². The van der Waals surface area contributed by atoms with E-state index in [-0.39, 0.29) is 5.82 Å². The van der Waals surface area contributed by atoms with Crippen molar-refractivity contribution < 1.29 is 4.39 Å². The highest BCUT2D eigenvalue weighted by atomic mass is 32.1. The van der Waals surface area contributed by atoms with E-state index in [1.165, 1.54) is 6.07 Å². The zero-order valence-corrected chi connectivity index (χ0v) is 9.43. The largest absolute Gasteiger partial charge is 0.315 e. The van der Waals surface area contributed by atoms with Crippen LogP contribution in [0.5, 0.6) is 0 Å². The molecule has 3 rings (SSSR count). The zero-order valence-electron chi connectivity index (χ0n) is 8.61. The van der Waals surface area contributed by atoms with Crippen LogP contribution in [-0.4, -0.2) is 18.1 Å². The first-order valence-electron chi connectivity index (χ1n) is 5.25. The number of halogens is 1. The number of nitrogens with one attached hydrogen (secondary N) is 1. The Hall–Kier alpha value is -1.26. The quantitative estimate of drug-likeness (QED) is 0.864. The molecule has 0 unspecified atom stereocenters. The van der Waals surface area contributed by atoms with E-state index in [2.05, 4.69) is 10.3 Å². The number of hydrogen-bond acceptors (Lipinski definition) is 3. The predicted octanol–water partition coefficient (Wildman–Crippen LogP) is 2.64. The first kappa shape index (κ1) is 9.93. The van der Waals surface area contributed by atoms with Gasteiger partial charge in [-0.25, -0.2) is 9.37 Å². The number of rotatable bonds is 2. The highest BCUT2D eigenvalue weighted by molar-refractivity contribution is 7.10. The second-order valence-electron chi connectivity index (χ2n) is 3.91. The minimum absolute atomic E-state index is 0.203. The molecule has 0 bridgehead atoms. The van der Waals surface area contributed by atoms with E-state index >= 15 is 0 Å². The normalized spacial score (nSPS) is 16.1. The monoisotopic (exact) mass is 234 g/mol. The van der Waals surface area contributed by atoms with Crippen molar-refractivity contribution in [2.24, 2.45) is 0 Å². The minimum atomic E-state index is -0.203. The molecular formula is C12H11FN2S. The van der Waals surface area contributed by atoms with E-state index in [9.17, 15) is 4.39 Å². The fourth-order valence-electron chi connectivity index (χ4n) is 1.73. The number of hydrogen-bond donors (Lipinski definition) is 1. The molecule has 1 N–H and O–H groups in total. The second kappa shape index (κ2) is 3.96. The molecule has 2 aromatic rings. The third-order valence-corrected chi connectivity index (χ3v) is 3.81. The molecule has 1 fully saturated rings. The van der Waals surface area contributed by atoms with Gasteiger partial charge < -0.3 is 5.32 Å². The van der Waals surface area contributed by atoms with Gasteiger partial charge in [0.25, 0.3) is 0 Å². The van der Waals surface area contributed by atoms with E-state index in [0.29, 0.717) is 11.5 Å². The van der Waals surface area contributed by atoms with Crippen molar-refractivity contribution in [1.82, 2.24) is 10.3 Å². The van der Waals surface area contributed by atoms with Crippen molar-refractivity contribution in [3.63, 3.8) is 0 Å². The van der Waals surface area contributed by atoms with E-state index < -0.39 is 0 Å². The van der Waals surface area contributed by atoms with Gasteiger partial charge in [0.15, 0.2) is 0 Å². The van der Waals surface area contributed by atoms with Gasteiger partial charge >= 0.3 is 0 Å². The molecule has 1 aliphatic heterocycles. The maximum Gasteiger partial charge on any atom is 0.132 e. The molecule has 0 saturated carbocycles. The summed E-state index contributed by atoms with van der Waals surface area (Å²) in [6.07, 6.45) is 0. The van der Waals surface area contributed by atoms with Crippen LogP contribution < -0.4 is 5.32 Å². The van der Waals surface area contributed by atoms with Crippen LogP contribution in [0.4, 0.5) is 4.39 Å². The number of benzene rings is 1. The van der Waals surface area contributed by atoms with Gasteiger partial charge in [0.1, 0.15) is 5.82 Å². The first-order valence-corrected chi connectivity index (χ1v) is 6.13. The average molecular weight is 234 g/mol. The summed E-state index contributed by atoms with van der Waals surface area (Å²) in [7, 11) is 0. The molecule has 16 heavy (non-hydrogen) atoms. The Morgan fingerprint density at radius 3 is 2.81 bits per heavy atom. The molecule has 2 heterocycles. The first-order chi connectivity index (χ1) is 7.84. The number of aromatic nitrogens is 1. The van der Waals surface area contributed by atoms with Crippen molar-refractivity contribution in [2.75, 3.05) is 13.1 Å². The standard InChI is InChI=1S/C12H11FN2S/c13-10-4-2-1-3-9(10)11-7-16-12(15-11)8-5-14-6-8/h1-4,7-8,14H,5-6H2. The molecule has 2 nitrogen and oxygen atoms in total. The van der Waals surface area contributed by atoms with Gasteiger partial charge in [0.2, 0.25) is 0 Å². The van der Waals surface area contributed by atoms with Gasteiger partial charge in [0.05, 0.1) is 10.7 Å². The summed E-state index contributed by atoms with van der Waals surface area (Å²) >= 11 is 1.62. The summed E-state index contributed by atoms with van der Waals surface area (Å²) in [5.41, 5.74) is 1.35. The molecule has 0 aliphatic carbocycles. The zero-order chi connectivity index (χ0) is 11.0. The maximum atomic E-state index is 13.5. The maximum absolute atomic E-state index is 13.5. The Labute approximate surface area is 97.2 Å². The smallest absolute Gasteiger partial charge is 0.132 e. The van der Waals surface area contributed by atoms with Crippen molar-refractivity contribution in [3.8, 4) is 11.3 Å². The van der Waals surface area contributed by atoms with Crippen LogP contribution in [0.1, 0.15) is 10.9 Å². The summed E-state index contributed by atoms with van der Waals surface area (Å²) in [4.78, 5) is 4.50. The summed E-state index contributed by atoms with van der Waals surface area (Å²) in [6.45, 7) is 1.98. The topological polar surface area (TPSA) is 24.9 Å². The van der Waals surface area contributed by atoms with Gasteiger partial charge in [-0.2, -0.15) is 0 Å². The molecule has 1 aromatic carbocycles. The minimum Gasteiger partial charge on any atom is -0.315 e. The summed E-state index contributed by atoms with van der Waals surface area (Å²) < 4.78 is 13.5. The molecule has 0 atom stereocenters. The molecule has 0 amide bonds. The number of thiazole rings is 1. The Morgan fingerprint density at radius 1 is 1.31 bits per heavy atom. The predicted molar refractivity (Wildman–Crippen MR) is 63.1 cm³/mol. The Morgan fingerprint density at radius 2 is 2.12 bits per heavy atom. The fraction of sp³-hybridized carbons (Fsp3) is 0.250.